The summed E-state index contributed by atoms with van der Waals surface area (Å²) < 4.78 is 11.0. The summed E-state index contributed by atoms with van der Waals surface area (Å²) in [7, 11) is 0. The lowest BCUT2D eigenvalue weighted by Crippen LogP contribution is -2.02. The molecule has 1 aliphatic rings. The molecule has 16 heavy (non-hydrogen) atoms. The fraction of sp³-hybridized carbons (Fsp3) is 0.417. The van der Waals surface area contributed by atoms with Crippen molar-refractivity contribution in [3.8, 4) is 11.5 Å². The van der Waals surface area contributed by atoms with Crippen LogP contribution in [0.25, 0.3) is 0 Å². The second-order valence-electron chi connectivity index (χ2n) is 3.61. The van der Waals surface area contributed by atoms with E-state index < -0.39 is 0 Å². The van der Waals surface area contributed by atoms with Crippen molar-refractivity contribution in [3.63, 3.8) is 0 Å². The Bertz CT molecular complexity index is 415. The molecule has 0 atom stereocenters. The summed E-state index contributed by atoms with van der Waals surface area (Å²) in [5, 5.41) is 0. The van der Waals surface area contributed by atoms with Gasteiger partial charge in [-0.3, -0.25) is 4.79 Å². The van der Waals surface area contributed by atoms with Crippen LogP contribution in [-0.2, 0) is 0 Å². The molecule has 0 spiro atoms. The van der Waals surface area contributed by atoms with Gasteiger partial charge in [0.25, 0.3) is 0 Å². The molecule has 0 radical (unpaired) electrons. The van der Waals surface area contributed by atoms with Gasteiger partial charge >= 0.3 is 0 Å². The van der Waals surface area contributed by atoms with Gasteiger partial charge in [0.05, 0.1) is 17.1 Å². The van der Waals surface area contributed by atoms with Crippen molar-refractivity contribution in [2.75, 3.05) is 12.5 Å². The summed E-state index contributed by atoms with van der Waals surface area (Å²) in [5.41, 5.74) is 0.644. The molecule has 0 saturated carbocycles. The summed E-state index contributed by atoms with van der Waals surface area (Å²) >= 11 is 1.60. The predicted octanol–water partition coefficient (Wildman–Crippen LogP) is 3.12. The molecular formula is C12H14O3S. The molecule has 4 heteroatoms. The number of fused-ring (bicyclic) bond motifs is 1. The van der Waals surface area contributed by atoms with Crippen molar-refractivity contribution >= 4 is 17.5 Å². The van der Waals surface area contributed by atoms with Crippen molar-refractivity contribution in [2.45, 2.75) is 25.2 Å². The molecule has 0 bridgehead atoms. The molecule has 0 aromatic heterocycles. The zero-order valence-electron chi connectivity index (χ0n) is 9.41. The highest BCUT2D eigenvalue weighted by Gasteiger charge is 2.19. The van der Waals surface area contributed by atoms with Crippen LogP contribution in [0.15, 0.2) is 17.0 Å². The molecule has 86 valence electrons. The van der Waals surface area contributed by atoms with Crippen molar-refractivity contribution in [1.29, 1.82) is 0 Å². The highest BCUT2D eigenvalue weighted by molar-refractivity contribution is 7.99. The SMILES string of the molecule is CCCOc1cc2c(cc1C(C)=O)SCO2. The van der Waals surface area contributed by atoms with E-state index in [1.807, 2.05) is 19.1 Å². The van der Waals surface area contributed by atoms with Crippen LogP contribution < -0.4 is 9.47 Å². The first-order valence-corrected chi connectivity index (χ1v) is 6.28. The molecule has 1 aromatic rings. The van der Waals surface area contributed by atoms with Crippen molar-refractivity contribution in [3.05, 3.63) is 17.7 Å². The summed E-state index contributed by atoms with van der Waals surface area (Å²) in [5.74, 6) is 2.10. The number of carbonyl (C=O) groups is 1. The Balaban J connectivity index is 2.36. The monoisotopic (exact) mass is 238 g/mol. The molecule has 0 aliphatic carbocycles. The molecule has 2 rings (SSSR count). The van der Waals surface area contributed by atoms with E-state index in [1.54, 1.807) is 18.7 Å². The summed E-state index contributed by atoms with van der Waals surface area (Å²) in [6.45, 7) is 4.21. The van der Waals surface area contributed by atoms with Gasteiger partial charge in [0, 0.05) is 6.07 Å². The fourth-order valence-electron chi connectivity index (χ4n) is 1.53. The maximum atomic E-state index is 11.5. The lowest BCUT2D eigenvalue weighted by atomic mass is 10.1. The Hall–Kier alpha value is -1.16. The van der Waals surface area contributed by atoms with E-state index in [9.17, 15) is 4.79 Å². The second-order valence-corrected chi connectivity index (χ2v) is 4.57. The average Bonchev–Trinajstić information content (AvgIpc) is 2.71. The highest BCUT2D eigenvalue weighted by Crippen LogP contribution is 2.40. The van der Waals surface area contributed by atoms with Crippen molar-refractivity contribution in [1.82, 2.24) is 0 Å². The van der Waals surface area contributed by atoms with Gasteiger partial charge in [-0.25, -0.2) is 0 Å². The Morgan fingerprint density at radius 1 is 1.56 bits per heavy atom. The van der Waals surface area contributed by atoms with Gasteiger partial charge in [0.2, 0.25) is 0 Å². The maximum Gasteiger partial charge on any atom is 0.163 e. The average molecular weight is 238 g/mol. The van der Waals surface area contributed by atoms with Gasteiger partial charge in [-0.2, -0.15) is 0 Å². The molecule has 1 aromatic carbocycles. The largest absolute Gasteiger partial charge is 0.493 e. The zero-order chi connectivity index (χ0) is 11.5. The summed E-state index contributed by atoms with van der Waals surface area (Å²) in [4.78, 5) is 12.5. The molecule has 0 amide bonds. The van der Waals surface area contributed by atoms with Gasteiger partial charge in [0.15, 0.2) is 5.78 Å². The molecule has 0 fully saturated rings. The molecule has 1 heterocycles. The summed E-state index contributed by atoms with van der Waals surface area (Å²) in [6, 6.07) is 3.68. The number of rotatable bonds is 4. The zero-order valence-corrected chi connectivity index (χ0v) is 10.2. The van der Waals surface area contributed by atoms with Gasteiger partial charge < -0.3 is 9.47 Å². The van der Waals surface area contributed by atoms with Crippen LogP contribution in [0.3, 0.4) is 0 Å². The summed E-state index contributed by atoms with van der Waals surface area (Å²) in [6.07, 6.45) is 0.921. The van der Waals surface area contributed by atoms with Crippen LogP contribution in [0.4, 0.5) is 0 Å². The molecule has 3 nitrogen and oxygen atoms in total. The number of benzene rings is 1. The topological polar surface area (TPSA) is 35.5 Å². The maximum absolute atomic E-state index is 11.5. The molecule has 0 N–H and O–H groups in total. The number of thioether (sulfide) groups is 1. The van der Waals surface area contributed by atoms with E-state index in [0.29, 0.717) is 23.9 Å². The Morgan fingerprint density at radius 3 is 3.06 bits per heavy atom. The van der Waals surface area contributed by atoms with E-state index >= 15 is 0 Å². The van der Waals surface area contributed by atoms with Gasteiger partial charge in [-0.15, -0.1) is 0 Å². The minimum atomic E-state index is 0.0291. The number of hydrogen-bond acceptors (Lipinski definition) is 4. The molecular weight excluding hydrogens is 224 g/mol. The first-order valence-electron chi connectivity index (χ1n) is 5.29. The number of Topliss-reactive ketones (excluding diaryl/α,β-unsaturated/α-hetero) is 1. The van der Waals surface area contributed by atoms with Gasteiger partial charge in [-0.1, -0.05) is 18.7 Å². The second kappa shape index (κ2) is 4.78. The quantitative estimate of drug-likeness (QED) is 0.755. The minimum Gasteiger partial charge on any atom is -0.493 e. The number of carbonyl (C=O) groups excluding carboxylic acids is 1. The normalized spacial score (nSPS) is 13.1. The first kappa shape index (κ1) is 11.3. The van der Waals surface area contributed by atoms with Crippen LogP contribution in [0, 0.1) is 0 Å². The van der Waals surface area contributed by atoms with Gasteiger partial charge in [-0.05, 0) is 19.4 Å². The lowest BCUT2D eigenvalue weighted by Gasteiger charge is -2.10. The Labute approximate surface area is 99.1 Å². The lowest BCUT2D eigenvalue weighted by molar-refractivity contribution is 0.101. The van der Waals surface area contributed by atoms with E-state index in [4.69, 9.17) is 9.47 Å². The molecule has 0 unspecified atom stereocenters. The number of hydrogen-bond donors (Lipinski definition) is 0. The van der Waals surface area contributed by atoms with Crippen LogP contribution in [0.5, 0.6) is 11.5 Å². The Morgan fingerprint density at radius 2 is 2.38 bits per heavy atom. The number of ether oxygens (including phenoxy) is 2. The third kappa shape index (κ3) is 2.16. The van der Waals surface area contributed by atoms with E-state index in [-0.39, 0.29) is 5.78 Å². The molecule has 1 aliphatic heterocycles. The highest BCUT2D eigenvalue weighted by atomic mass is 32.2. The van der Waals surface area contributed by atoms with Crippen LogP contribution >= 0.6 is 11.8 Å². The fourth-order valence-corrected chi connectivity index (χ4v) is 2.30. The number of ketones is 1. The van der Waals surface area contributed by atoms with Crippen LogP contribution in [0.1, 0.15) is 30.6 Å². The van der Waals surface area contributed by atoms with Crippen LogP contribution in [-0.4, -0.2) is 18.3 Å². The third-order valence-corrected chi connectivity index (χ3v) is 3.18. The first-order chi connectivity index (χ1) is 7.72. The van der Waals surface area contributed by atoms with E-state index in [1.165, 1.54) is 0 Å². The van der Waals surface area contributed by atoms with E-state index in [0.717, 1.165) is 17.1 Å². The standard InChI is InChI=1S/C12H14O3S/c1-3-4-14-10-6-11-12(16-7-15-11)5-9(10)8(2)13/h5-6H,3-4,7H2,1-2H3. The van der Waals surface area contributed by atoms with Crippen molar-refractivity contribution in [2.24, 2.45) is 0 Å². The smallest absolute Gasteiger partial charge is 0.163 e. The third-order valence-electron chi connectivity index (χ3n) is 2.32. The van der Waals surface area contributed by atoms with Crippen molar-refractivity contribution < 1.29 is 14.3 Å². The van der Waals surface area contributed by atoms with E-state index in [2.05, 4.69) is 0 Å². The minimum absolute atomic E-state index is 0.0291. The van der Waals surface area contributed by atoms with Gasteiger partial charge in [0.1, 0.15) is 17.4 Å². The molecule has 0 saturated heterocycles. The van der Waals surface area contributed by atoms with Crippen LogP contribution in [0.2, 0.25) is 0 Å². The predicted molar refractivity (Wildman–Crippen MR) is 63.6 cm³/mol. The Kier molecular flexibility index (Phi) is 3.39.